The fourth-order valence-corrected chi connectivity index (χ4v) is 3.77. The SMILES string of the molecule is Cc1ccc[n+](-c2nc3ccccc3nc2NS(=O)(=O)c2ccccc2)c1. The molecule has 0 saturated carbocycles. The second-order valence-electron chi connectivity index (χ2n) is 6.09. The van der Waals surface area contributed by atoms with Gasteiger partial charge in [-0.15, -0.1) is 0 Å². The summed E-state index contributed by atoms with van der Waals surface area (Å²) in [6, 6.07) is 19.4. The molecule has 0 saturated heterocycles. The molecule has 2 aromatic carbocycles. The van der Waals surface area contributed by atoms with Crippen LogP contribution >= 0.6 is 0 Å². The normalized spacial score (nSPS) is 11.4. The molecule has 0 fully saturated rings. The molecule has 0 aliphatic heterocycles. The Labute approximate surface area is 157 Å². The van der Waals surface area contributed by atoms with E-state index in [2.05, 4.69) is 14.7 Å². The highest BCUT2D eigenvalue weighted by Gasteiger charge is 2.24. The lowest BCUT2D eigenvalue weighted by Gasteiger charge is -2.09. The summed E-state index contributed by atoms with van der Waals surface area (Å²) in [6.45, 7) is 1.96. The Hall–Kier alpha value is -3.32. The first-order valence-electron chi connectivity index (χ1n) is 8.36. The molecule has 2 aromatic heterocycles. The summed E-state index contributed by atoms with van der Waals surface area (Å²) in [5.74, 6) is 0.588. The molecule has 0 aliphatic carbocycles. The molecule has 0 atom stereocenters. The van der Waals surface area contributed by atoms with Crippen LogP contribution in [0.3, 0.4) is 0 Å². The molecule has 0 aliphatic rings. The van der Waals surface area contributed by atoms with E-state index in [0.29, 0.717) is 16.9 Å². The number of sulfonamides is 1. The summed E-state index contributed by atoms with van der Waals surface area (Å²) in [5.41, 5.74) is 2.31. The van der Waals surface area contributed by atoms with Crippen molar-refractivity contribution in [3.63, 3.8) is 0 Å². The fourth-order valence-electron chi connectivity index (χ4n) is 2.75. The highest BCUT2D eigenvalue weighted by molar-refractivity contribution is 7.92. The average molecular weight is 377 g/mol. The standard InChI is InChI=1S/C20H17N4O2S/c1-15-8-7-13-24(14-15)20-19(21-17-11-5-6-12-18(17)22-20)23-27(25,26)16-9-3-2-4-10-16/h2-14H,1H3,(H,21,23)/q+1. The van der Waals surface area contributed by atoms with Crippen molar-refractivity contribution < 1.29 is 13.0 Å². The smallest absolute Gasteiger partial charge is 0.256 e. The maximum absolute atomic E-state index is 12.8. The molecule has 1 N–H and O–H groups in total. The Morgan fingerprint density at radius 1 is 0.852 bits per heavy atom. The number of benzene rings is 2. The quantitative estimate of drug-likeness (QED) is 0.555. The minimum absolute atomic E-state index is 0.167. The number of rotatable bonds is 4. The maximum Gasteiger partial charge on any atom is 0.372 e. The number of nitrogens with zero attached hydrogens (tertiary/aromatic N) is 3. The largest absolute Gasteiger partial charge is 0.372 e. The Kier molecular flexibility index (Phi) is 4.29. The fraction of sp³-hybridized carbons (Fsp3) is 0.0500. The van der Waals surface area contributed by atoms with Gasteiger partial charge in [-0.1, -0.05) is 36.4 Å². The van der Waals surface area contributed by atoms with Gasteiger partial charge in [-0.25, -0.2) is 13.4 Å². The van der Waals surface area contributed by atoms with E-state index >= 15 is 0 Å². The van der Waals surface area contributed by atoms with Gasteiger partial charge in [-0.05, 0) is 47.8 Å². The van der Waals surface area contributed by atoms with Gasteiger partial charge in [0.2, 0.25) is 11.3 Å². The summed E-state index contributed by atoms with van der Waals surface area (Å²) in [7, 11) is -3.79. The third-order valence-electron chi connectivity index (χ3n) is 4.03. The lowest BCUT2D eigenvalue weighted by atomic mass is 10.3. The molecule has 7 heteroatoms. The molecule has 0 radical (unpaired) electrons. The Morgan fingerprint density at radius 2 is 1.52 bits per heavy atom. The summed E-state index contributed by atoms with van der Waals surface area (Å²) >= 11 is 0. The molecule has 27 heavy (non-hydrogen) atoms. The molecular weight excluding hydrogens is 360 g/mol. The van der Waals surface area contributed by atoms with E-state index in [1.165, 1.54) is 12.1 Å². The van der Waals surface area contributed by atoms with Crippen molar-refractivity contribution in [2.45, 2.75) is 11.8 Å². The van der Waals surface area contributed by atoms with Crippen LogP contribution in [0.25, 0.3) is 16.9 Å². The molecule has 0 bridgehead atoms. The topological polar surface area (TPSA) is 75.8 Å². The van der Waals surface area contributed by atoms with Crippen LogP contribution in [-0.2, 0) is 10.0 Å². The zero-order valence-corrected chi connectivity index (χ0v) is 15.4. The number of nitrogens with one attached hydrogen (secondary N) is 1. The predicted molar refractivity (Wildman–Crippen MR) is 103 cm³/mol. The van der Waals surface area contributed by atoms with E-state index < -0.39 is 10.0 Å². The summed E-state index contributed by atoms with van der Waals surface area (Å²) in [5, 5.41) is 0. The first-order valence-corrected chi connectivity index (χ1v) is 9.84. The zero-order chi connectivity index (χ0) is 18.9. The summed E-state index contributed by atoms with van der Waals surface area (Å²) < 4.78 is 30.0. The molecular formula is C20H17N4O2S+. The summed E-state index contributed by atoms with van der Waals surface area (Å²) in [6.07, 6.45) is 3.69. The first kappa shape index (κ1) is 17.1. The van der Waals surface area contributed by atoms with Gasteiger partial charge in [0.15, 0.2) is 0 Å². The van der Waals surface area contributed by atoms with Gasteiger partial charge in [0.1, 0.15) is 5.52 Å². The number of hydrogen-bond acceptors (Lipinski definition) is 4. The zero-order valence-electron chi connectivity index (χ0n) is 14.6. The first-order chi connectivity index (χ1) is 13.0. The van der Waals surface area contributed by atoms with Gasteiger partial charge in [0, 0.05) is 0 Å². The molecule has 0 unspecified atom stereocenters. The molecule has 134 valence electrons. The highest BCUT2D eigenvalue weighted by Crippen LogP contribution is 2.20. The van der Waals surface area contributed by atoms with Crippen molar-refractivity contribution in [1.29, 1.82) is 0 Å². The Bertz CT molecular complexity index is 1230. The molecule has 0 spiro atoms. The van der Waals surface area contributed by atoms with Gasteiger partial charge in [-0.2, -0.15) is 4.57 Å². The van der Waals surface area contributed by atoms with Gasteiger partial charge < -0.3 is 0 Å². The minimum Gasteiger partial charge on any atom is -0.256 e. The minimum atomic E-state index is -3.79. The van der Waals surface area contributed by atoms with E-state index in [1.54, 1.807) is 28.8 Å². The van der Waals surface area contributed by atoms with Crippen molar-refractivity contribution in [3.05, 3.63) is 84.7 Å². The van der Waals surface area contributed by atoms with Crippen LogP contribution in [0.15, 0.2) is 84.0 Å². The summed E-state index contributed by atoms with van der Waals surface area (Å²) in [4.78, 5) is 9.32. The van der Waals surface area contributed by atoms with E-state index in [1.807, 2.05) is 49.6 Å². The number of aromatic nitrogens is 3. The van der Waals surface area contributed by atoms with Crippen LogP contribution in [0.2, 0.25) is 0 Å². The van der Waals surface area contributed by atoms with E-state index in [4.69, 9.17) is 0 Å². The second-order valence-corrected chi connectivity index (χ2v) is 7.77. The van der Waals surface area contributed by atoms with Gasteiger partial charge in [0.25, 0.3) is 10.0 Å². The van der Waals surface area contributed by atoms with Crippen molar-refractivity contribution in [1.82, 2.24) is 9.97 Å². The number of hydrogen-bond donors (Lipinski definition) is 1. The van der Waals surface area contributed by atoms with Crippen LogP contribution in [-0.4, -0.2) is 18.4 Å². The van der Waals surface area contributed by atoms with Crippen molar-refractivity contribution >= 4 is 26.9 Å². The average Bonchev–Trinajstić information content (AvgIpc) is 2.68. The molecule has 6 nitrogen and oxygen atoms in total. The van der Waals surface area contributed by atoms with Crippen LogP contribution in [0.5, 0.6) is 0 Å². The molecule has 4 rings (SSSR count). The van der Waals surface area contributed by atoms with Crippen LogP contribution in [0, 0.1) is 6.92 Å². The van der Waals surface area contributed by atoms with Crippen LogP contribution in [0.1, 0.15) is 5.56 Å². The Balaban J connectivity index is 1.89. The van der Waals surface area contributed by atoms with E-state index in [9.17, 15) is 8.42 Å². The second kappa shape index (κ2) is 6.77. The Morgan fingerprint density at radius 3 is 2.22 bits per heavy atom. The van der Waals surface area contributed by atoms with E-state index in [-0.39, 0.29) is 10.7 Å². The number of para-hydroxylation sites is 2. The van der Waals surface area contributed by atoms with Crippen molar-refractivity contribution in [2.75, 3.05) is 4.72 Å². The van der Waals surface area contributed by atoms with Crippen molar-refractivity contribution in [3.8, 4) is 5.82 Å². The lowest BCUT2D eigenvalue weighted by Crippen LogP contribution is -2.33. The number of fused-ring (bicyclic) bond motifs is 1. The molecule has 2 heterocycles. The lowest BCUT2D eigenvalue weighted by molar-refractivity contribution is -0.599. The van der Waals surface area contributed by atoms with Crippen LogP contribution < -0.4 is 9.29 Å². The molecule has 4 aromatic rings. The maximum atomic E-state index is 12.8. The van der Waals surface area contributed by atoms with Crippen LogP contribution in [0.4, 0.5) is 5.82 Å². The number of anilines is 1. The monoisotopic (exact) mass is 377 g/mol. The number of pyridine rings is 1. The highest BCUT2D eigenvalue weighted by atomic mass is 32.2. The third-order valence-corrected chi connectivity index (χ3v) is 5.38. The van der Waals surface area contributed by atoms with E-state index in [0.717, 1.165) is 5.56 Å². The van der Waals surface area contributed by atoms with Crippen molar-refractivity contribution in [2.24, 2.45) is 0 Å². The predicted octanol–water partition coefficient (Wildman–Crippen LogP) is 3.02. The number of aryl methyl sites for hydroxylation is 1. The van der Waals surface area contributed by atoms with Gasteiger partial charge >= 0.3 is 5.82 Å². The van der Waals surface area contributed by atoms with Gasteiger partial charge in [-0.3, -0.25) is 4.72 Å². The third kappa shape index (κ3) is 3.50. The van der Waals surface area contributed by atoms with Gasteiger partial charge in [0.05, 0.1) is 17.3 Å². The molecule has 0 amide bonds.